The third-order valence-electron chi connectivity index (χ3n) is 6.25. The van der Waals surface area contributed by atoms with Gasteiger partial charge in [-0.2, -0.15) is 0 Å². The van der Waals surface area contributed by atoms with Crippen molar-refractivity contribution in [2.24, 2.45) is 23.7 Å². The van der Waals surface area contributed by atoms with Crippen molar-refractivity contribution < 1.29 is 4.79 Å². The molecule has 19 heavy (non-hydrogen) atoms. The zero-order valence-corrected chi connectivity index (χ0v) is 11.8. The predicted molar refractivity (Wildman–Crippen MR) is 74.6 cm³/mol. The molecular formula is C16H26N2O. The van der Waals surface area contributed by atoms with Crippen molar-refractivity contribution in [2.75, 3.05) is 19.6 Å². The van der Waals surface area contributed by atoms with E-state index in [1.54, 1.807) is 0 Å². The quantitative estimate of drug-likeness (QED) is 0.844. The summed E-state index contributed by atoms with van der Waals surface area (Å²) in [5, 5.41) is 3.23. The molecule has 1 N–H and O–H groups in total. The summed E-state index contributed by atoms with van der Waals surface area (Å²) in [4.78, 5) is 14.7. The fraction of sp³-hybridized carbons (Fsp3) is 0.938. The molecule has 0 spiro atoms. The van der Waals surface area contributed by atoms with Crippen LogP contribution >= 0.6 is 0 Å². The number of nitrogens with one attached hydrogen (secondary N) is 1. The molecule has 4 atom stereocenters. The largest absolute Gasteiger partial charge is 0.339 e. The Kier molecular flexibility index (Phi) is 3.06. The van der Waals surface area contributed by atoms with Gasteiger partial charge in [0.05, 0.1) is 5.92 Å². The van der Waals surface area contributed by atoms with E-state index in [0.717, 1.165) is 37.4 Å². The van der Waals surface area contributed by atoms with Crippen molar-refractivity contribution in [1.82, 2.24) is 10.2 Å². The Morgan fingerprint density at radius 2 is 2.05 bits per heavy atom. The molecule has 4 aliphatic rings. The average Bonchev–Trinajstić information content (AvgIpc) is 3.01. The standard InChI is InChI=1S/C16H26N2O/c19-16(14-9-17-10-14)18-5-1-2-15(18)8-13-7-11-3-4-12(13)6-11/h11-15,17H,1-10H2. The summed E-state index contributed by atoms with van der Waals surface area (Å²) in [6, 6.07) is 0.581. The van der Waals surface area contributed by atoms with Gasteiger partial charge >= 0.3 is 0 Å². The lowest BCUT2D eigenvalue weighted by Gasteiger charge is -2.35. The van der Waals surface area contributed by atoms with Crippen LogP contribution < -0.4 is 5.32 Å². The van der Waals surface area contributed by atoms with E-state index in [1.165, 1.54) is 44.9 Å². The molecule has 2 heterocycles. The molecule has 3 heteroatoms. The van der Waals surface area contributed by atoms with Gasteiger partial charge in [-0.1, -0.05) is 6.42 Å². The van der Waals surface area contributed by atoms with Crippen LogP contribution in [0.4, 0.5) is 0 Å². The van der Waals surface area contributed by atoms with Gasteiger partial charge in [-0.05, 0) is 56.3 Å². The topological polar surface area (TPSA) is 32.3 Å². The molecule has 2 aliphatic heterocycles. The highest BCUT2D eigenvalue weighted by Crippen LogP contribution is 2.50. The van der Waals surface area contributed by atoms with Crippen LogP contribution in [-0.2, 0) is 4.79 Å². The van der Waals surface area contributed by atoms with Crippen molar-refractivity contribution in [3.05, 3.63) is 0 Å². The Labute approximate surface area is 116 Å². The van der Waals surface area contributed by atoms with Gasteiger partial charge in [0.15, 0.2) is 0 Å². The predicted octanol–water partition coefficient (Wildman–Crippen LogP) is 2.02. The number of rotatable bonds is 3. The van der Waals surface area contributed by atoms with Gasteiger partial charge in [-0.3, -0.25) is 4.79 Å². The van der Waals surface area contributed by atoms with Gasteiger partial charge in [0, 0.05) is 25.7 Å². The highest BCUT2D eigenvalue weighted by Gasteiger charge is 2.43. The average molecular weight is 262 g/mol. The third kappa shape index (κ3) is 2.10. The molecule has 2 saturated heterocycles. The second-order valence-corrected chi connectivity index (χ2v) is 7.35. The van der Waals surface area contributed by atoms with Gasteiger partial charge in [-0.25, -0.2) is 0 Å². The summed E-state index contributed by atoms with van der Waals surface area (Å²) >= 11 is 0. The molecule has 3 nitrogen and oxygen atoms in total. The van der Waals surface area contributed by atoms with Crippen molar-refractivity contribution >= 4 is 5.91 Å². The number of carbonyl (C=O) groups excluding carboxylic acids is 1. The molecule has 4 unspecified atom stereocenters. The Bertz CT molecular complexity index is 366. The highest BCUT2D eigenvalue weighted by atomic mass is 16.2. The summed E-state index contributed by atoms with van der Waals surface area (Å²) in [7, 11) is 0. The molecule has 2 aliphatic carbocycles. The summed E-state index contributed by atoms with van der Waals surface area (Å²) in [5.74, 6) is 3.73. The van der Waals surface area contributed by atoms with Crippen LogP contribution in [0.2, 0.25) is 0 Å². The molecular weight excluding hydrogens is 236 g/mol. The molecule has 2 saturated carbocycles. The number of nitrogens with zero attached hydrogens (tertiary/aromatic N) is 1. The van der Waals surface area contributed by atoms with Gasteiger partial charge in [0.2, 0.25) is 5.91 Å². The van der Waals surface area contributed by atoms with E-state index >= 15 is 0 Å². The zero-order chi connectivity index (χ0) is 12.8. The van der Waals surface area contributed by atoms with Crippen LogP contribution in [0.25, 0.3) is 0 Å². The Morgan fingerprint density at radius 3 is 2.68 bits per heavy atom. The van der Waals surface area contributed by atoms with Crippen molar-refractivity contribution in [3.8, 4) is 0 Å². The fourth-order valence-corrected chi connectivity index (χ4v) is 5.08. The maximum atomic E-state index is 12.5. The molecule has 1 amide bonds. The number of hydrogen-bond acceptors (Lipinski definition) is 2. The first-order valence-corrected chi connectivity index (χ1v) is 8.32. The zero-order valence-electron chi connectivity index (χ0n) is 11.8. The molecule has 4 rings (SSSR count). The number of fused-ring (bicyclic) bond motifs is 2. The lowest BCUT2D eigenvalue weighted by atomic mass is 9.83. The van der Waals surface area contributed by atoms with Gasteiger partial charge in [0.1, 0.15) is 0 Å². The second-order valence-electron chi connectivity index (χ2n) is 7.35. The third-order valence-corrected chi connectivity index (χ3v) is 6.25. The van der Waals surface area contributed by atoms with Crippen LogP contribution in [0.3, 0.4) is 0 Å². The number of amides is 1. The minimum atomic E-state index is 0.292. The minimum Gasteiger partial charge on any atom is -0.339 e. The SMILES string of the molecule is O=C(C1CNC1)N1CCCC1CC1CC2CCC1C2. The number of likely N-dealkylation sites (tertiary alicyclic amines) is 1. The van der Waals surface area contributed by atoms with Gasteiger partial charge in [-0.15, -0.1) is 0 Å². The first-order chi connectivity index (χ1) is 9.31. The van der Waals surface area contributed by atoms with E-state index in [9.17, 15) is 4.79 Å². The maximum absolute atomic E-state index is 12.5. The van der Waals surface area contributed by atoms with Gasteiger partial charge in [0.25, 0.3) is 0 Å². The van der Waals surface area contributed by atoms with Crippen LogP contribution in [0, 0.1) is 23.7 Å². The second kappa shape index (κ2) is 4.76. The first-order valence-electron chi connectivity index (χ1n) is 8.32. The van der Waals surface area contributed by atoms with Crippen molar-refractivity contribution in [3.63, 3.8) is 0 Å². The van der Waals surface area contributed by atoms with E-state index in [2.05, 4.69) is 10.2 Å². The minimum absolute atomic E-state index is 0.292. The van der Waals surface area contributed by atoms with Crippen LogP contribution in [-0.4, -0.2) is 36.5 Å². The lowest BCUT2D eigenvalue weighted by molar-refractivity contribution is -0.138. The molecule has 4 fully saturated rings. The first kappa shape index (κ1) is 12.2. The molecule has 0 aromatic rings. The monoisotopic (exact) mass is 262 g/mol. The molecule has 0 radical (unpaired) electrons. The molecule has 106 valence electrons. The van der Waals surface area contributed by atoms with Crippen LogP contribution in [0.1, 0.15) is 44.9 Å². The lowest BCUT2D eigenvalue weighted by Crippen LogP contribution is -2.53. The summed E-state index contributed by atoms with van der Waals surface area (Å²) < 4.78 is 0. The van der Waals surface area contributed by atoms with Crippen LogP contribution in [0.15, 0.2) is 0 Å². The molecule has 0 aromatic carbocycles. The van der Waals surface area contributed by atoms with E-state index in [-0.39, 0.29) is 0 Å². The Hall–Kier alpha value is -0.570. The van der Waals surface area contributed by atoms with Gasteiger partial charge < -0.3 is 10.2 Å². The van der Waals surface area contributed by atoms with Crippen molar-refractivity contribution in [2.45, 2.75) is 51.0 Å². The Morgan fingerprint density at radius 1 is 1.16 bits per heavy atom. The number of hydrogen-bond donors (Lipinski definition) is 1. The smallest absolute Gasteiger partial charge is 0.228 e. The fourth-order valence-electron chi connectivity index (χ4n) is 5.08. The molecule has 0 aromatic heterocycles. The van der Waals surface area contributed by atoms with Crippen LogP contribution in [0.5, 0.6) is 0 Å². The summed E-state index contributed by atoms with van der Waals surface area (Å²) in [5.41, 5.74) is 0. The number of carbonyl (C=O) groups is 1. The Balaban J connectivity index is 1.38. The highest BCUT2D eigenvalue weighted by molar-refractivity contribution is 5.80. The van der Waals surface area contributed by atoms with E-state index < -0.39 is 0 Å². The molecule has 2 bridgehead atoms. The maximum Gasteiger partial charge on any atom is 0.228 e. The van der Waals surface area contributed by atoms with E-state index in [0.29, 0.717) is 17.9 Å². The van der Waals surface area contributed by atoms with E-state index in [4.69, 9.17) is 0 Å². The normalized spacial score (nSPS) is 41.8. The van der Waals surface area contributed by atoms with Crippen molar-refractivity contribution in [1.29, 1.82) is 0 Å². The summed E-state index contributed by atoms with van der Waals surface area (Å²) in [6.45, 7) is 2.85. The summed E-state index contributed by atoms with van der Waals surface area (Å²) in [6.07, 6.45) is 9.74. The van der Waals surface area contributed by atoms with E-state index in [1.807, 2.05) is 0 Å².